The van der Waals surface area contributed by atoms with Crippen LogP contribution in [0.1, 0.15) is 21.5 Å². The van der Waals surface area contributed by atoms with Crippen molar-refractivity contribution in [3.05, 3.63) is 114 Å². The first-order chi connectivity index (χ1) is 15.3. The summed E-state index contributed by atoms with van der Waals surface area (Å²) in [4.78, 5) is 30.3. The van der Waals surface area contributed by atoms with Crippen molar-refractivity contribution in [1.82, 2.24) is 5.32 Å². The highest BCUT2D eigenvalue weighted by Gasteiger charge is 2.09. The quantitative estimate of drug-likeness (QED) is 0.195. The molecule has 0 saturated heterocycles. The van der Waals surface area contributed by atoms with Crippen LogP contribution in [-0.2, 0) is 13.0 Å². The molecule has 0 aliphatic heterocycles. The van der Waals surface area contributed by atoms with E-state index in [2.05, 4.69) is 17.4 Å². The molecule has 0 saturated carbocycles. The molecule has 0 aliphatic carbocycles. The van der Waals surface area contributed by atoms with Gasteiger partial charge in [0, 0.05) is 41.4 Å². The number of rotatable bonds is 8. The molecule has 0 atom stereocenters. The fourth-order valence-corrected chi connectivity index (χ4v) is 2.99. The zero-order valence-electron chi connectivity index (χ0n) is 16.7. The number of hydrogen-bond donors (Lipinski definition) is 1. The zero-order valence-corrected chi connectivity index (χ0v) is 18.3. The molecular weight excluding hydrogens is 457 g/mol. The van der Waals surface area contributed by atoms with Crippen LogP contribution in [0.2, 0.25) is 10.0 Å². The van der Waals surface area contributed by atoms with Crippen molar-refractivity contribution in [2.45, 2.75) is 13.0 Å². The van der Waals surface area contributed by atoms with E-state index < -0.39 is 9.85 Å². The third kappa shape index (κ3) is 7.73. The minimum absolute atomic E-state index is 0.0641. The van der Waals surface area contributed by atoms with Crippen molar-refractivity contribution in [3.63, 3.8) is 0 Å². The number of nitrogens with one attached hydrogen (secondary N) is 1. The maximum atomic E-state index is 10.7. The predicted molar refractivity (Wildman–Crippen MR) is 123 cm³/mol. The summed E-state index contributed by atoms with van der Waals surface area (Å²) in [5.41, 5.74) is 2.06. The fraction of sp³-hybridized carbons (Fsp3) is 0.136. The van der Waals surface area contributed by atoms with Gasteiger partial charge in [-0.1, -0.05) is 53.5 Å². The molecule has 0 bridgehead atoms. The maximum absolute atomic E-state index is 10.7. The highest BCUT2D eigenvalue weighted by atomic mass is 35.5. The molecule has 0 aliphatic rings. The lowest BCUT2D eigenvalue weighted by Gasteiger charge is -2.07. The molecule has 10 heteroatoms. The van der Waals surface area contributed by atoms with Gasteiger partial charge in [0.05, 0.1) is 14.9 Å². The second-order valence-corrected chi connectivity index (χ2v) is 7.34. The first-order valence-electron chi connectivity index (χ1n) is 9.38. The van der Waals surface area contributed by atoms with Gasteiger partial charge in [0.1, 0.15) is 0 Å². The van der Waals surface area contributed by atoms with Crippen molar-refractivity contribution >= 4 is 40.9 Å². The number of carbonyl (C=O) groups excluding carboxylic acids is 1. The summed E-state index contributed by atoms with van der Waals surface area (Å²) in [5, 5.41) is 25.0. The van der Waals surface area contributed by atoms with Crippen LogP contribution in [0.4, 0.5) is 11.4 Å². The minimum atomic E-state index is -0.580. The molecule has 0 heterocycles. The Labute approximate surface area is 194 Å². The summed E-state index contributed by atoms with van der Waals surface area (Å²) in [5.74, 6) is 0. The molecule has 3 rings (SSSR count). The molecule has 0 aromatic heterocycles. The van der Waals surface area contributed by atoms with E-state index >= 15 is 0 Å². The largest absolute Gasteiger partial charge is 0.312 e. The van der Waals surface area contributed by atoms with E-state index in [0.717, 1.165) is 24.6 Å². The SMILES string of the molecule is O=Cc1cc([N+](=O)[O-])ccc1Cl.O=[N+]([O-])c1ccc(Cl)c(CNCCc2ccccc2)c1. The van der Waals surface area contributed by atoms with Crippen LogP contribution in [0.15, 0.2) is 66.7 Å². The lowest BCUT2D eigenvalue weighted by Crippen LogP contribution is -2.17. The Bertz CT molecular complexity index is 1090. The van der Waals surface area contributed by atoms with Gasteiger partial charge in [-0.25, -0.2) is 0 Å². The van der Waals surface area contributed by atoms with Gasteiger partial charge >= 0.3 is 0 Å². The highest BCUT2D eigenvalue weighted by molar-refractivity contribution is 6.33. The Morgan fingerprint density at radius 3 is 2.03 bits per heavy atom. The molecule has 0 unspecified atom stereocenters. The van der Waals surface area contributed by atoms with Gasteiger partial charge in [0.2, 0.25) is 0 Å². The average molecular weight is 476 g/mol. The van der Waals surface area contributed by atoms with Crippen LogP contribution >= 0.6 is 23.2 Å². The van der Waals surface area contributed by atoms with Gasteiger partial charge in [-0.15, -0.1) is 0 Å². The first-order valence-corrected chi connectivity index (χ1v) is 10.1. The van der Waals surface area contributed by atoms with E-state index in [9.17, 15) is 25.0 Å². The van der Waals surface area contributed by atoms with Crippen LogP contribution in [-0.4, -0.2) is 22.7 Å². The number of benzene rings is 3. The third-order valence-corrected chi connectivity index (χ3v) is 5.02. The lowest BCUT2D eigenvalue weighted by molar-refractivity contribution is -0.385. The summed E-state index contributed by atoms with van der Waals surface area (Å²) < 4.78 is 0. The van der Waals surface area contributed by atoms with Crippen molar-refractivity contribution < 1.29 is 14.6 Å². The van der Waals surface area contributed by atoms with Gasteiger partial charge in [-0.2, -0.15) is 0 Å². The molecule has 0 spiro atoms. The Kier molecular flexibility index (Phi) is 9.75. The zero-order chi connectivity index (χ0) is 23.5. The molecular formula is C22H19Cl2N3O5. The Morgan fingerprint density at radius 2 is 1.44 bits per heavy atom. The van der Waals surface area contributed by atoms with Crippen LogP contribution in [0.3, 0.4) is 0 Å². The van der Waals surface area contributed by atoms with E-state index in [1.54, 1.807) is 6.07 Å². The van der Waals surface area contributed by atoms with Crippen molar-refractivity contribution in [1.29, 1.82) is 0 Å². The lowest BCUT2D eigenvalue weighted by atomic mass is 10.1. The molecule has 0 fully saturated rings. The standard InChI is InChI=1S/C15H15ClN2O2.C7H4ClNO3/c16-15-7-6-14(18(19)20)10-13(15)11-17-9-8-12-4-2-1-3-5-12;8-7-2-1-6(9(11)12)3-5(7)4-10/h1-7,10,17H,8-9,11H2;1-4H. The smallest absolute Gasteiger partial charge is 0.270 e. The Balaban J connectivity index is 0.000000258. The second-order valence-electron chi connectivity index (χ2n) is 6.53. The van der Waals surface area contributed by atoms with Gasteiger partial charge in [0.25, 0.3) is 11.4 Å². The average Bonchev–Trinajstić information content (AvgIpc) is 2.79. The van der Waals surface area contributed by atoms with E-state index in [4.69, 9.17) is 23.2 Å². The number of hydrogen-bond acceptors (Lipinski definition) is 6. The number of nitro groups is 2. The third-order valence-electron chi connectivity index (χ3n) is 4.31. The number of halogens is 2. The summed E-state index contributed by atoms with van der Waals surface area (Å²) in [6.07, 6.45) is 1.39. The van der Waals surface area contributed by atoms with Gasteiger partial charge in [-0.05, 0) is 36.2 Å². The Morgan fingerprint density at radius 1 is 0.844 bits per heavy atom. The normalized spacial score (nSPS) is 10.1. The number of aldehydes is 1. The molecule has 1 N–H and O–H groups in total. The molecule has 0 amide bonds. The van der Waals surface area contributed by atoms with Gasteiger partial charge in [0.15, 0.2) is 6.29 Å². The summed E-state index contributed by atoms with van der Waals surface area (Å²) in [6, 6.07) is 18.3. The number of nitrogens with zero attached hydrogens (tertiary/aromatic N) is 2. The van der Waals surface area contributed by atoms with Gasteiger partial charge in [-0.3, -0.25) is 25.0 Å². The van der Waals surface area contributed by atoms with E-state index in [-0.39, 0.29) is 22.0 Å². The topological polar surface area (TPSA) is 115 Å². The number of nitro benzene ring substituents is 2. The highest BCUT2D eigenvalue weighted by Crippen LogP contribution is 2.22. The summed E-state index contributed by atoms with van der Waals surface area (Å²) >= 11 is 11.6. The van der Waals surface area contributed by atoms with E-state index in [1.807, 2.05) is 18.2 Å². The molecule has 166 valence electrons. The molecule has 3 aromatic carbocycles. The fourth-order valence-electron chi connectivity index (χ4n) is 2.65. The monoisotopic (exact) mass is 475 g/mol. The number of carbonyl (C=O) groups is 1. The number of non-ortho nitro benzene ring substituents is 2. The van der Waals surface area contributed by atoms with E-state index in [1.165, 1.54) is 29.8 Å². The maximum Gasteiger partial charge on any atom is 0.270 e. The van der Waals surface area contributed by atoms with Crippen LogP contribution in [0.5, 0.6) is 0 Å². The first kappa shape index (κ1) is 24.9. The van der Waals surface area contributed by atoms with Gasteiger partial charge < -0.3 is 5.32 Å². The second kappa shape index (κ2) is 12.5. The predicted octanol–water partition coefficient (Wildman–Crippen LogP) is 5.64. The van der Waals surface area contributed by atoms with Crippen molar-refractivity contribution in [2.24, 2.45) is 0 Å². The van der Waals surface area contributed by atoms with Crippen molar-refractivity contribution in [2.75, 3.05) is 6.54 Å². The Hall–Kier alpha value is -3.33. The molecule has 0 radical (unpaired) electrons. The molecule has 32 heavy (non-hydrogen) atoms. The van der Waals surface area contributed by atoms with Crippen LogP contribution in [0.25, 0.3) is 0 Å². The van der Waals surface area contributed by atoms with E-state index in [0.29, 0.717) is 17.9 Å². The summed E-state index contributed by atoms with van der Waals surface area (Å²) in [6.45, 7) is 1.32. The van der Waals surface area contributed by atoms with Crippen LogP contribution < -0.4 is 5.32 Å². The van der Waals surface area contributed by atoms with Crippen LogP contribution in [0, 0.1) is 20.2 Å². The summed E-state index contributed by atoms with van der Waals surface area (Å²) in [7, 11) is 0. The minimum Gasteiger partial charge on any atom is -0.312 e. The molecule has 8 nitrogen and oxygen atoms in total. The molecule has 3 aromatic rings. The van der Waals surface area contributed by atoms with Crippen molar-refractivity contribution in [3.8, 4) is 0 Å².